The number of thioether (sulfide) groups is 1. The fraction of sp³-hybridized carbons (Fsp3) is 0.407. The van der Waals surface area contributed by atoms with Crippen LogP contribution in [0.4, 0.5) is 10.5 Å². The summed E-state index contributed by atoms with van der Waals surface area (Å²) in [6.07, 6.45) is 0.818. The zero-order chi connectivity index (χ0) is 25.2. The second-order valence-electron chi connectivity index (χ2n) is 9.67. The topological polar surface area (TPSA) is 98.0 Å². The highest BCUT2D eigenvalue weighted by Gasteiger charge is 2.51. The van der Waals surface area contributed by atoms with Crippen LogP contribution in [0.5, 0.6) is 11.5 Å². The fourth-order valence-corrected chi connectivity index (χ4v) is 6.98. The molecule has 3 saturated heterocycles. The van der Waals surface area contributed by atoms with E-state index >= 15 is 0 Å². The number of ether oxygens (including phenoxy) is 1. The number of rotatable bonds is 7. The number of amides is 3. The van der Waals surface area contributed by atoms with Crippen LogP contribution in [-0.2, 0) is 4.79 Å². The quantitative estimate of drug-likeness (QED) is 0.445. The van der Waals surface area contributed by atoms with Gasteiger partial charge < -0.3 is 26.0 Å². The number of benzene rings is 2. The molecule has 4 N–H and O–H groups in total. The van der Waals surface area contributed by atoms with E-state index < -0.39 is 0 Å². The predicted molar refractivity (Wildman–Crippen MR) is 145 cm³/mol. The molecule has 0 saturated carbocycles. The molecule has 194 valence electrons. The molecule has 0 bridgehead atoms. The van der Waals surface area contributed by atoms with Gasteiger partial charge in [0.2, 0.25) is 0 Å². The molecular weight excluding hydrogens is 488 g/mol. The molecule has 0 radical (unpaired) electrons. The van der Waals surface area contributed by atoms with Crippen LogP contribution < -0.4 is 30.9 Å². The van der Waals surface area contributed by atoms with Crippen molar-refractivity contribution >= 4 is 29.4 Å². The van der Waals surface area contributed by atoms with Crippen LogP contribution in [0.2, 0.25) is 0 Å². The maximum absolute atomic E-state index is 13.4. The highest BCUT2D eigenvalue weighted by atomic mass is 32.2. The molecule has 3 amide bonds. The molecule has 4 aliphatic rings. The van der Waals surface area contributed by atoms with Gasteiger partial charge >= 0.3 is 6.03 Å². The SMILES string of the molecule is O=C(NCCN1CCNCC1)C1=C2NC(=O)N(c3ccc(Oc4ccccc4)cc3)C3CCNC(S1)C23. The zero-order valence-corrected chi connectivity index (χ0v) is 21.4. The van der Waals surface area contributed by atoms with E-state index in [2.05, 4.69) is 26.2 Å². The van der Waals surface area contributed by atoms with Crippen LogP contribution in [0.3, 0.4) is 0 Å². The smallest absolute Gasteiger partial charge is 0.326 e. The molecule has 0 aliphatic carbocycles. The highest BCUT2D eigenvalue weighted by Crippen LogP contribution is 2.47. The van der Waals surface area contributed by atoms with Crippen molar-refractivity contribution in [1.82, 2.24) is 26.2 Å². The third-order valence-corrected chi connectivity index (χ3v) is 8.72. The van der Waals surface area contributed by atoms with Crippen molar-refractivity contribution < 1.29 is 14.3 Å². The van der Waals surface area contributed by atoms with Gasteiger partial charge in [-0.15, -0.1) is 0 Å². The van der Waals surface area contributed by atoms with E-state index in [1.807, 2.05) is 59.5 Å². The number of piperazine rings is 1. The monoisotopic (exact) mass is 520 g/mol. The van der Waals surface area contributed by atoms with Crippen molar-refractivity contribution in [3.63, 3.8) is 0 Å². The second kappa shape index (κ2) is 10.7. The lowest BCUT2D eigenvalue weighted by atomic mass is 9.86. The maximum Gasteiger partial charge on any atom is 0.326 e. The van der Waals surface area contributed by atoms with Crippen LogP contribution in [0.25, 0.3) is 0 Å². The summed E-state index contributed by atoms with van der Waals surface area (Å²) in [5, 5.41) is 13.1. The third-order valence-electron chi connectivity index (χ3n) is 7.36. The number of piperidine rings is 1. The number of anilines is 1. The average molecular weight is 521 g/mol. The molecule has 37 heavy (non-hydrogen) atoms. The molecule has 4 heterocycles. The minimum atomic E-state index is -0.192. The molecule has 6 rings (SSSR count). The number of nitrogens with zero attached hydrogens (tertiary/aromatic N) is 2. The minimum Gasteiger partial charge on any atom is -0.457 e. The number of para-hydroxylation sites is 1. The van der Waals surface area contributed by atoms with Crippen LogP contribution in [0, 0.1) is 5.92 Å². The van der Waals surface area contributed by atoms with E-state index in [4.69, 9.17) is 4.74 Å². The number of carbonyl (C=O) groups is 2. The summed E-state index contributed by atoms with van der Waals surface area (Å²) >= 11 is 1.54. The lowest BCUT2D eigenvalue weighted by molar-refractivity contribution is -0.116. The standard InChI is InChI=1S/C27H32N6O3S/c34-25(29-14-17-32-15-12-28-13-16-32)24-23-22-21(10-11-30-26(22)37-24)33(27(35)31-23)18-6-8-20(9-7-18)36-19-4-2-1-3-5-19/h1-9,21-22,26,28,30H,10-17H2,(H,29,34)(H,31,35). The Balaban J connectivity index is 1.16. The summed E-state index contributed by atoms with van der Waals surface area (Å²) in [5.41, 5.74) is 1.58. The Kier molecular flexibility index (Phi) is 7.06. The molecule has 10 heteroatoms. The van der Waals surface area contributed by atoms with Crippen LogP contribution in [0.15, 0.2) is 65.2 Å². The highest BCUT2D eigenvalue weighted by molar-refractivity contribution is 8.04. The summed E-state index contributed by atoms with van der Waals surface area (Å²) in [4.78, 5) is 31.4. The van der Waals surface area contributed by atoms with Gasteiger partial charge in [-0.2, -0.15) is 0 Å². The first kappa shape index (κ1) is 24.3. The normalized spacial score (nSPS) is 25.5. The Morgan fingerprint density at radius 2 is 1.78 bits per heavy atom. The number of carbonyl (C=O) groups excluding carboxylic acids is 2. The lowest BCUT2D eigenvalue weighted by Gasteiger charge is -2.45. The summed E-state index contributed by atoms with van der Waals surface area (Å²) in [6, 6.07) is 17.0. The number of hydrogen-bond acceptors (Lipinski definition) is 7. The molecule has 0 spiro atoms. The van der Waals surface area contributed by atoms with Crippen molar-refractivity contribution in [2.24, 2.45) is 5.92 Å². The molecule has 3 unspecified atom stereocenters. The van der Waals surface area contributed by atoms with E-state index in [9.17, 15) is 9.59 Å². The Morgan fingerprint density at radius 3 is 2.57 bits per heavy atom. The van der Waals surface area contributed by atoms with E-state index in [1.54, 1.807) is 0 Å². The Labute approximate surface area is 221 Å². The molecular formula is C27H32N6O3S. The van der Waals surface area contributed by atoms with Gasteiger partial charge in [-0.25, -0.2) is 4.79 Å². The van der Waals surface area contributed by atoms with Crippen molar-refractivity contribution in [3.05, 3.63) is 65.2 Å². The van der Waals surface area contributed by atoms with Crippen molar-refractivity contribution in [1.29, 1.82) is 0 Å². The summed E-state index contributed by atoms with van der Waals surface area (Å²) < 4.78 is 5.92. The first-order valence-electron chi connectivity index (χ1n) is 13.0. The Bertz CT molecular complexity index is 1170. The summed E-state index contributed by atoms with van der Waals surface area (Å²) in [5.74, 6) is 1.42. The van der Waals surface area contributed by atoms with Crippen molar-refractivity contribution in [2.45, 2.75) is 17.8 Å². The second-order valence-corrected chi connectivity index (χ2v) is 10.8. The Morgan fingerprint density at radius 1 is 1.03 bits per heavy atom. The molecule has 3 atom stereocenters. The van der Waals surface area contributed by atoms with Gasteiger partial charge in [0.1, 0.15) is 11.5 Å². The minimum absolute atomic E-state index is 0.0189. The number of nitrogens with one attached hydrogen (secondary N) is 4. The average Bonchev–Trinajstić information content (AvgIpc) is 3.30. The molecule has 0 aromatic heterocycles. The maximum atomic E-state index is 13.4. The van der Waals surface area contributed by atoms with Gasteiger partial charge in [0.25, 0.3) is 5.91 Å². The fourth-order valence-electron chi connectivity index (χ4n) is 5.56. The van der Waals surface area contributed by atoms with Crippen molar-refractivity contribution in [3.8, 4) is 11.5 Å². The number of hydrogen-bond donors (Lipinski definition) is 4. The van der Waals surface area contributed by atoms with Crippen LogP contribution in [-0.4, -0.2) is 74.1 Å². The lowest BCUT2D eigenvalue weighted by Crippen LogP contribution is -2.62. The van der Waals surface area contributed by atoms with Gasteiger partial charge in [0, 0.05) is 56.6 Å². The zero-order valence-electron chi connectivity index (χ0n) is 20.6. The van der Waals surface area contributed by atoms with Gasteiger partial charge in [0.05, 0.1) is 16.3 Å². The molecule has 2 aromatic carbocycles. The van der Waals surface area contributed by atoms with Gasteiger partial charge in [-0.1, -0.05) is 30.0 Å². The van der Waals surface area contributed by atoms with Crippen LogP contribution in [0.1, 0.15) is 6.42 Å². The molecule has 3 fully saturated rings. The molecule has 9 nitrogen and oxygen atoms in total. The molecule has 2 aromatic rings. The Hall–Kier alpha value is -3.05. The van der Waals surface area contributed by atoms with Gasteiger partial charge in [-0.05, 0) is 49.4 Å². The van der Waals surface area contributed by atoms with Crippen molar-refractivity contribution in [2.75, 3.05) is 50.7 Å². The first-order chi connectivity index (χ1) is 18.2. The third kappa shape index (κ3) is 5.06. The van der Waals surface area contributed by atoms with Crippen LogP contribution >= 0.6 is 11.8 Å². The largest absolute Gasteiger partial charge is 0.457 e. The van der Waals surface area contributed by atoms with E-state index in [-0.39, 0.29) is 29.3 Å². The predicted octanol–water partition coefficient (Wildman–Crippen LogP) is 2.29. The first-order valence-corrected chi connectivity index (χ1v) is 13.8. The number of urea groups is 1. The summed E-state index contributed by atoms with van der Waals surface area (Å²) in [7, 11) is 0. The molecule has 4 aliphatic heterocycles. The van der Waals surface area contributed by atoms with E-state index in [0.717, 1.165) is 62.8 Å². The van der Waals surface area contributed by atoms with Gasteiger partial charge in [0.15, 0.2) is 0 Å². The van der Waals surface area contributed by atoms with E-state index in [1.165, 1.54) is 11.8 Å². The van der Waals surface area contributed by atoms with E-state index in [0.29, 0.717) is 17.2 Å². The van der Waals surface area contributed by atoms with Gasteiger partial charge in [-0.3, -0.25) is 14.6 Å². The summed E-state index contributed by atoms with van der Waals surface area (Å²) in [6.45, 7) is 6.20.